The first kappa shape index (κ1) is 20.8. The lowest BCUT2D eigenvalue weighted by Gasteiger charge is -2.30. The summed E-state index contributed by atoms with van der Waals surface area (Å²) in [7, 11) is 0. The Kier molecular flexibility index (Phi) is 7.14. The van der Waals surface area contributed by atoms with Gasteiger partial charge >= 0.3 is 12.1 Å². The molecule has 1 fully saturated rings. The summed E-state index contributed by atoms with van der Waals surface area (Å²) >= 11 is 11.9. The van der Waals surface area contributed by atoms with Crippen LogP contribution in [0, 0.1) is 5.92 Å². The van der Waals surface area contributed by atoms with E-state index in [-0.39, 0.29) is 22.5 Å². The minimum absolute atomic E-state index is 0.160. The van der Waals surface area contributed by atoms with Gasteiger partial charge in [-0.05, 0) is 50.0 Å². The van der Waals surface area contributed by atoms with E-state index in [4.69, 9.17) is 23.2 Å². The Morgan fingerprint density at radius 1 is 1.19 bits per heavy atom. The van der Waals surface area contributed by atoms with Crippen LogP contribution in [0.3, 0.4) is 0 Å². The van der Waals surface area contributed by atoms with Crippen LogP contribution in [0.25, 0.3) is 0 Å². The average molecular weight is 413 g/mol. The number of carbonyl (C=O) groups is 2. The second-order valence-electron chi connectivity index (χ2n) is 5.87. The molecule has 26 heavy (non-hydrogen) atoms. The first-order valence-corrected chi connectivity index (χ1v) is 8.64. The molecule has 1 aliphatic heterocycles. The highest BCUT2D eigenvalue weighted by atomic mass is 35.5. The van der Waals surface area contributed by atoms with Crippen LogP contribution in [0.2, 0.25) is 10.0 Å². The van der Waals surface area contributed by atoms with Crippen molar-refractivity contribution in [2.45, 2.75) is 19.0 Å². The summed E-state index contributed by atoms with van der Waals surface area (Å²) in [5.41, 5.74) is 0.381. The van der Waals surface area contributed by atoms with Crippen molar-refractivity contribution < 1.29 is 27.5 Å². The van der Waals surface area contributed by atoms with Crippen molar-refractivity contribution in [1.29, 1.82) is 0 Å². The molecule has 1 aromatic carbocycles. The van der Waals surface area contributed by atoms with Crippen molar-refractivity contribution >= 4 is 40.8 Å². The zero-order valence-electron chi connectivity index (χ0n) is 13.6. The molecule has 0 spiro atoms. The van der Waals surface area contributed by atoms with E-state index < -0.39 is 24.7 Å². The fourth-order valence-corrected chi connectivity index (χ4v) is 2.91. The molecule has 2 rings (SSSR count). The molecule has 1 aromatic rings. The normalized spacial score (nSPS) is 15.6. The largest absolute Gasteiger partial charge is 0.490 e. The number of piperidine rings is 1. The second-order valence-corrected chi connectivity index (χ2v) is 6.68. The number of amides is 1. The Labute approximate surface area is 158 Å². The Balaban J connectivity index is 2.14. The van der Waals surface area contributed by atoms with E-state index in [1.807, 2.05) is 0 Å². The number of hydrogen-bond donors (Lipinski definition) is 1. The summed E-state index contributed by atoms with van der Waals surface area (Å²) in [5.74, 6) is -3.01. The van der Waals surface area contributed by atoms with E-state index in [1.165, 1.54) is 17.0 Å². The fourth-order valence-electron chi connectivity index (χ4n) is 2.61. The van der Waals surface area contributed by atoms with Gasteiger partial charge in [-0.2, -0.15) is 13.2 Å². The summed E-state index contributed by atoms with van der Waals surface area (Å²) in [5, 5.41) is 3.69. The summed E-state index contributed by atoms with van der Waals surface area (Å²) in [6.45, 7) is 0.847. The van der Waals surface area contributed by atoms with Crippen molar-refractivity contribution in [3.8, 4) is 0 Å². The molecule has 0 aromatic heterocycles. The van der Waals surface area contributed by atoms with Crippen LogP contribution in [-0.2, 0) is 14.3 Å². The highest BCUT2D eigenvalue weighted by molar-refractivity contribution is 6.42. The topological polar surface area (TPSA) is 58.6 Å². The van der Waals surface area contributed by atoms with Gasteiger partial charge in [0.25, 0.3) is 5.91 Å². The van der Waals surface area contributed by atoms with E-state index in [1.54, 1.807) is 6.07 Å². The van der Waals surface area contributed by atoms with Crippen LogP contribution in [0.15, 0.2) is 18.2 Å². The molecular weight excluding hydrogens is 396 g/mol. The maximum absolute atomic E-state index is 12.4. The lowest BCUT2D eigenvalue weighted by atomic mass is 9.97. The number of nitrogens with zero attached hydrogens (tertiary/aromatic N) is 1. The quantitative estimate of drug-likeness (QED) is 0.752. The van der Waals surface area contributed by atoms with Gasteiger partial charge in [-0.3, -0.25) is 4.79 Å². The minimum atomic E-state index is -5.15. The molecule has 144 valence electrons. The molecule has 0 radical (unpaired) electrons. The van der Waals surface area contributed by atoms with Crippen molar-refractivity contribution in [2.24, 2.45) is 5.92 Å². The van der Waals surface area contributed by atoms with Gasteiger partial charge in [0.1, 0.15) is 0 Å². The van der Waals surface area contributed by atoms with Gasteiger partial charge in [0.05, 0.1) is 10.0 Å². The molecule has 5 nitrogen and oxygen atoms in total. The molecule has 0 bridgehead atoms. The van der Waals surface area contributed by atoms with Crippen LogP contribution >= 0.6 is 23.2 Å². The van der Waals surface area contributed by atoms with Gasteiger partial charge < -0.3 is 15.0 Å². The van der Waals surface area contributed by atoms with Crippen LogP contribution < -0.4 is 10.2 Å². The van der Waals surface area contributed by atoms with E-state index >= 15 is 0 Å². The zero-order valence-corrected chi connectivity index (χ0v) is 15.1. The Morgan fingerprint density at radius 2 is 1.85 bits per heavy atom. The van der Waals surface area contributed by atoms with E-state index in [2.05, 4.69) is 10.1 Å². The second kappa shape index (κ2) is 8.92. The van der Waals surface area contributed by atoms with E-state index in [9.17, 15) is 22.8 Å². The van der Waals surface area contributed by atoms with Crippen LogP contribution in [0.1, 0.15) is 12.8 Å². The van der Waals surface area contributed by atoms with Gasteiger partial charge in [0.2, 0.25) is 0 Å². The van der Waals surface area contributed by atoms with Gasteiger partial charge in [0.15, 0.2) is 6.61 Å². The van der Waals surface area contributed by atoms with Gasteiger partial charge in [-0.1, -0.05) is 23.2 Å². The van der Waals surface area contributed by atoms with Gasteiger partial charge in [0, 0.05) is 12.2 Å². The lowest BCUT2D eigenvalue weighted by molar-refractivity contribution is -0.199. The first-order chi connectivity index (χ1) is 12.2. The smallest absolute Gasteiger partial charge is 0.449 e. The molecule has 1 saturated heterocycles. The number of halogens is 5. The van der Waals surface area contributed by atoms with Crippen LogP contribution in [0.5, 0.6) is 0 Å². The van der Waals surface area contributed by atoms with E-state index in [0.717, 1.165) is 25.9 Å². The summed E-state index contributed by atoms with van der Waals surface area (Å²) in [6.07, 6.45) is -3.52. The molecule has 0 unspecified atom stereocenters. The monoisotopic (exact) mass is 412 g/mol. The van der Waals surface area contributed by atoms with Gasteiger partial charge in [-0.25, -0.2) is 4.79 Å². The van der Waals surface area contributed by atoms with Crippen molar-refractivity contribution in [3.63, 3.8) is 0 Å². The molecule has 0 atom stereocenters. The molecule has 1 heterocycles. The Morgan fingerprint density at radius 3 is 2.42 bits per heavy atom. The number of alkyl halides is 3. The number of benzene rings is 1. The predicted octanol–water partition coefficient (Wildman–Crippen LogP) is 3.43. The van der Waals surface area contributed by atoms with E-state index in [0.29, 0.717) is 5.69 Å². The highest BCUT2D eigenvalue weighted by Crippen LogP contribution is 2.29. The Hall–Kier alpha value is -1.51. The first-order valence-electron chi connectivity index (χ1n) is 7.88. The SMILES string of the molecule is O=C(COC(=O)C(F)(F)F)N(CC1CCNCC1)c1ccc(Cl)c(Cl)c1. The van der Waals surface area contributed by atoms with Gasteiger partial charge in [-0.15, -0.1) is 0 Å². The number of rotatable bonds is 5. The Bertz CT molecular complexity index is 665. The molecule has 1 aliphatic rings. The molecule has 1 amide bonds. The number of hydrogen-bond acceptors (Lipinski definition) is 4. The number of anilines is 1. The molecular formula is C16H17Cl2F3N2O3. The third kappa shape index (κ3) is 5.75. The average Bonchev–Trinajstić information content (AvgIpc) is 2.60. The number of carbonyl (C=O) groups excluding carboxylic acids is 2. The highest BCUT2D eigenvalue weighted by Gasteiger charge is 2.41. The third-order valence-corrected chi connectivity index (χ3v) is 4.71. The van der Waals surface area contributed by atoms with Crippen molar-refractivity contribution in [3.05, 3.63) is 28.2 Å². The van der Waals surface area contributed by atoms with Crippen LogP contribution in [0.4, 0.5) is 18.9 Å². The van der Waals surface area contributed by atoms with Crippen molar-refractivity contribution in [1.82, 2.24) is 5.32 Å². The fraction of sp³-hybridized carbons (Fsp3) is 0.500. The minimum Gasteiger partial charge on any atom is -0.449 e. The lowest BCUT2D eigenvalue weighted by Crippen LogP contribution is -2.42. The molecule has 0 saturated carbocycles. The number of esters is 1. The zero-order chi connectivity index (χ0) is 19.3. The summed E-state index contributed by atoms with van der Waals surface area (Å²) in [6, 6.07) is 4.48. The predicted molar refractivity (Wildman–Crippen MR) is 91.4 cm³/mol. The van der Waals surface area contributed by atoms with Crippen molar-refractivity contribution in [2.75, 3.05) is 31.1 Å². The molecule has 0 aliphatic carbocycles. The summed E-state index contributed by atoms with van der Waals surface area (Å²) in [4.78, 5) is 24.6. The van der Waals surface area contributed by atoms with Crippen LogP contribution in [-0.4, -0.2) is 44.3 Å². The number of nitrogens with one attached hydrogen (secondary N) is 1. The summed E-state index contributed by atoms with van der Waals surface area (Å²) < 4.78 is 40.9. The maximum Gasteiger partial charge on any atom is 0.490 e. The molecule has 10 heteroatoms. The number of ether oxygens (including phenoxy) is 1. The maximum atomic E-state index is 12.4. The third-order valence-electron chi connectivity index (χ3n) is 3.97. The standard InChI is InChI=1S/C16H17Cl2F3N2O3/c17-12-2-1-11(7-13(12)18)23(8-10-3-5-22-6-4-10)14(24)9-26-15(25)16(19,20)21/h1-2,7,10,22H,3-6,8-9H2. The molecule has 1 N–H and O–H groups in total.